The molecule has 4 aromatic rings. The summed E-state index contributed by atoms with van der Waals surface area (Å²) in [5, 5.41) is 19.7. The van der Waals surface area contributed by atoms with Gasteiger partial charge in [-0.1, -0.05) is 30.3 Å². The molecular weight excluding hydrogens is 756 g/mol. The number of nitrogens with zero attached hydrogens (tertiary/aromatic N) is 5. The first kappa shape index (κ1) is 40.9. The fourth-order valence-corrected chi connectivity index (χ4v) is 8.75. The van der Waals surface area contributed by atoms with E-state index in [2.05, 4.69) is 15.1 Å². The predicted octanol–water partition coefficient (Wildman–Crippen LogP) is 4.63. The Balaban J connectivity index is 1.12. The summed E-state index contributed by atoms with van der Waals surface area (Å²) in [5.74, 6) is 0.585. The Labute approximate surface area is 330 Å². The van der Waals surface area contributed by atoms with Crippen molar-refractivity contribution >= 4 is 70.5 Å². The van der Waals surface area contributed by atoms with Gasteiger partial charge in [0.1, 0.15) is 10.6 Å². The van der Waals surface area contributed by atoms with Gasteiger partial charge in [-0.2, -0.15) is 13.5 Å². The minimum atomic E-state index is -4.58. The zero-order valence-electron chi connectivity index (χ0n) is 31.8. The van der Waals surface area contributed by atoms with Crippen molar-refractivity contribution in [2.75, 3.05) is 64.6 Å². The largest absolute Gasteiger partial charge is 0.857 e. The first-order valence-electron chi connectivity index (χ1n) is 18.3. The number of rotatable bonds is 8. The number of aromatic hydroxyl groups is 1. The Kier molecular flexibility index (Phi) is 12.6. The van der Waals surface area contributed by atoms with E-state index in [1.165, 1.54) is 18.2 Å². The summed E-state index contributed by atoms with van der Waals surface area (Å²) < 4.78 is 44.5. The third kappa shape index (κ3) is 9.79. The highest BCUT2D eigenvalue weighted by atomic mass is 32.2. The number of fused-ring (bicyclic) bond motifs is 4. The minimum Gasteiger partial charge on any atom is -0.584 e. The van der Waals surface area contributed by atoms with Gasteiger partial charge in [-0.25, -0.2) is 0 Å². The number of Topliss-reactive ketones (excluding diaryl/α,β-unsaturated/α-hetero) is 1. The molecule has 2 heterocycles. The van der Waals surface area contributed by atoms with Crippen molar-refractivity contribution in [3.05, 3.63) is 76.9 Å². The van der Waals surface area contributed by atoms with E-state index in [-0.39, 0.29) is 64.6 Å². The number of azo groups is 1. The number of phenolic OH excluding ortho intramolecular Hbond substituents is 1. The number of phenols is 1. The van der Waals surface area contributed by atoms with Crippen LogP contribution in [-0.4, -0.2) is 124 Å². The van der Waals surface area contributed by atoms with Crippen LogP contribution in [0.1, 0.15) is 22.3 Å². The van der Waals surface area contributed by atoms with Gasteiger partial charge in [0.25, 0.3) is 22.1 Å². The van der Waals surface area contributed by atoms with Gasteiger partial charge in [0.2, 0.25) is 0 Å². The second-order valence-corrected chi connectivity index (χ2v) is 17.4. The monoisotopic (exact) mass is 800 g/mol. The van der Waals surface area contributed by atoms with Crippen molar-refractivity contribution in [2.24, 2.45) is 10.2 Å². The molecule has 0 spiro atoms. The van der Waals surface area contributed by atoms with E-state index >= 15 is 0 Å². The normalized spacial score (nSPS) is 18.9. The van der Waals surface area contributed by atoms with Gasteiger partial charge in [-0.3, -0.25) is 33.6 Å². The van der Waals surface area contributed by atoms with Gasteiger partial charge in [0, 0.05) is 56.8 Å². The topological polar surface area (TPSA) is 205 Å². The molecule has 17 heteroatoms. The number of hydrogen-bond acceptors (Lipinski definition) is 14. The Bertz CT molecular complexity index is 2310. The van der Waals surface area contributed by atoms with E-state index in [0.717, 1.165) is 27.8 Å². The summed E-state index contributed by atoms with van der Waals surface area (Å²) in [6.45, 7) is 9.51. The van der Waals surface area contributed by atoms with Crippen LogP contribution in [0.3, 0.4) is 0 Å². The van der Waals surface area contributed by atoms with Crippen LogP contribution < -0.4 is 5.73 Å². The number of ketones is 1. The highest BCUT2D eigenvalue weighted by Crippen LogP contribution is 2.42. The van der Waals surface area contributed by atoms with Crippen LogP contribution in [0.15, 0.2) is 69.7 Å². The molecule has 2 unspecified atom stereocenters. The van der Waals surface area contributed by atoms with Crippen LogP contribution in [0, 0.1) is 20.8 Å². The number of carbonyl (C=O) groups excluding carboxylic acids is 3. The smallest absolute Gasteiger partial charge is 0.584 e. The predicted molar refractivity (Wildman–Crippen MR) is 212 cm³/mol. The molecule has 4 aromatic carbocycles. The van der Waals surface area contributed by atoms with Gasteiger partial charge in [-0.15, -0.1) is 5.11 Å². The molecule has 0 aliphatic carbocycles. The molecule has 0 radical (unpaired) electrons. The lowest BCUT2D eigenvalue weighted by molar-refractivity contribution is -0.141. The summed E-state index contributed by atoms with van der Waals surface area (Å²) in [5.41, 5.74) is 12.0. The number of nitrogen functional groups attached to an aromatic ring is 1. The highest BCUT2D eigenvalue weighted by molar-refractivity contribution is 7.86. The number of aryl methyl sites for hydroxylation is 3. The van der Waals surface area contributed by atoms with Crippen LogP contribution in [-0.2, 0) is 38.5 Å². The second-order valence-electron chi connectivity index (χ2n) is 14.4. The maximum absolute atomic E-state index is 13.4. The average molecular weight is 801 g/mol. The summed E-state index contributed by atoms with van der Waals surface area (Å²) in [6, 6.07) is 15.8. The molecule has 2 saturated heterocycles. The molecule has 4 N–H and O–H groups in total. The maximum Gasteiger partial charge on any atom is 0.857 e. The van der Waals surface area contributed by atoms with Gasteiger partial charge < -0.3 is 18.4 Å². The van der Waals surface area contributed by atoms with E-state index in [1.54, 1.807) is 12.7 Å². The minimum absolute atomic E-state index is 0.0596. The van der Waals surface area contributed by atoms with E-state index in [1.807, 2.05) is 60.0 Å². The number of carbonyl (C=O) groups is 3. The SMILES string of the molecule is Cc1cc(-c2ccc(N=Nc3ccc4c(S(=O)(=O)O)cc(C)c(N)c4c3O)c(C)c2)ccc1CC(=O)CN1CCN2CCN(CC1)CC(=O)[O][Al]([CH3])[O]C(=O)C2. The first-order chi connectivity index (χ1) is 26.5. The van der Waals surface area contributed by atoms with Crippen molar-refractivity contribution in [3.8, 4) is 16.9 Å². The standard InChI is InChI=1S/C38H44N6O9S.CH3.Al/c1-23-16-27(5-4-26(23)19-29(45)20-42-10-12-43(21-34(46)47)14-15-44(13-11-42)22-35(48)49)28-6-8-31(24(2)17-28)40-41-32-9-7-30-33(54(51,52)53)18-25(3)37(39)36(30)38(32)50;;/h4-9,16-18,50H,10-15,19-22,39H2,1-3H3,(H,46,47)(H,48,49)(H,51,52,53);1H3;/q;;+2/p-2. The van der Waals surface area contributed by atoms with Crippen LogP contribution in [0.25, 0.3) is 21.9 Å². The summed E-state index contributed by atoms with van der Waals surface area (Å²) in [6.07, 6.45) is 0.263. The van der Waals surface area contributed by atoms with Crippen LogP contribution in [0.2, 0.25) is 5.79 Å². The Morgan fingerprint density at radius 3 is 1.95 bits per heavy atom. The van der Waals surface area contributed by atoms with Crippen molar-refractivity contribution in [2.45, 2.75) is 37.9 Å². The van der Waals surface area contributed by atoms with Gasteiger partial charge >= 0.3 is 14.8 Å². The fraction of sp³-hybridized carbons (Fsp3) is 0.359. The van der Waals surface area contributed by atoms with Crippen LogP contribution in [0.5, 0.6) is 5.75 Å². The van der Waals surface area contributed by atoms with Gasteiger partial charge in [0.15, 0.2) is 11.5 Å². The van der Waals surface area contributed by atoms with Crippen LogP contribution in [0.4, 0.5) is 17.1 Å². The molecule has 2 aliphatic heterocycles. The zero-order chi connectivity index (χ0) is 40.3. The van der Waals surface area contributed by atoms with Crippen molar-refractivity contribution in [3.63, 3.8) is 0 Å². The number of benzene rings is 4. The van der Waals surface area contributed by atoms with E-state index in [4.69, 9.17) is 13.3 Å². The molecule has 0 aromatic heterocycles. The molecule has 0 saturated carbocycles. The highest BCUT2D eigenvalue weighted by Gasteiger charge is 2.32. The lowest BCUT2D eigenvalue weighted by atomic mass is 9.96. The third-order valence-corrected chi connectivity index (χ3v) is 12.2. The van der Waals surface area contributed by atoms with Gasteiger partial charge in [-0.05, 0) is 84.2 Å². The number of nitrogens with two attached hydrogens (primary N) is 1. The lowest BCUT2D eigenvalue weighted by Crippen LogP contribution is -2.42. The second kappa shape index (κ2) is 17.2. The maximum atomic E-state index is 13.4. The summed E-state index contributed by atoms with van der Waals surface area (Å²) in [7, 11) is -4.58. The van der Waals surface area contributed by atoms with Crippen LogP contribution >= 0.6 is 0 Å². The molecule has 2 atom stereocenters. The molecule has 15 nitrogen and oxygen atoms in total. The molecule has 56 heavy (non-hydrogen) atoms. The molecule has 2 bridgehead atoms. The quantitative estimate of drug-likeness (QED) is 0.0964. The third-order valence-electron chi connectivity index (χ3n) is 10.2. The molecule has 0 amide bonds. The van der Waals surface area contributed by atoms with E-state index < -0.39 is 36.9 Å². The summed E-state index contributed by atoms with van der Waals surface area (Å²) >= 11 is -2.39. The molecular formula is C39H45AlN6O9S. The zero-order valence-corrected chi connectivity index (χ0v) is 33.8. The number of hydrogen-bond donors (Lipinski definition) is 3. The fourth-order valence-electron chi connectivity index (χ4n) is 7.04. The average Bonchev–Trinajstić information content (AvgIpc) is 3.19. The molecule has 2 aliphatic rings. The van der Waals surface area contributed by atoms with E-state index in [9.17, 15) is 32.5 Å². The van der Waals surface area contributed by atoms with Crippen molar-refractivity contribution in [1.29, 1.82) is 0 Å². The Morgan fingerprint density at radius 1 is 0.804 bits per heavy atom. The molecule has 6 rings (SSSR count). The van der Waals surface area contributed by atoms with Gasteiger partial charge in [0.05, 0.1) is 30.7 Å². The Hall–Kier alpha value is -4.73. The molecule has 294 valence electrons. The van der Waals surface area contributed by atoms with Crippen molar-refractivity contribution < 1.29 is 40.0 Å². The number of anilines is 1. The first-order valence-corrected chi connectivity index (χ1v) is 21.8. The molecule has 2 fully saturated rings. The lowest BCUT2D eigenvalue weighted by Gasteiger charge is -2.25. The van der Waals surface area contributed by atoms with E-state index in [0.29, 0.717) is 50.5 Å². The summed E-state index contributed by atoms with van der Waals surface area (Å²) in [4.78, 5) is 44.1. The Morgan fingerprint density at radius 2 is 1.36 bits per heavy atom. The van der Waals surface area contributed by atoms with Crippen molar-refractivity contribution in [1.82, 2.24) is 14.7 Å².